The van der Waals surface area contributed by atoms with Gasteiger partial charge >= 0.3 is 0 Å². The molecule has 0 N–H and O–H groups in total. The molecule has 0 fully saturated rings. The molecule has 94 valence electrons. The fourth-order valence-electron chi connectivity index (χ4n) is 2.06. The first kappa shape index (κ1) is 11.6. The summed E-state index contributed by atoms with van der Waals surface area (Å²) in [5, 5.41) is 0. The Hall–Kier alpha value is -2.49. The lowest BCUT2D eigenvalue weighted by Gasteiger charge is -2.02. The molecule has 2 heterocycles. The number of carbonyl (C=O) groups is 1. The van der Waals surface area contributed by atoms with Gasteiger partial charge in [-0.3, -0.25) is 14.3 Å². The highest BCUT2D eigenvalue weighted by Gasteiger charge is 2.09. The summed E-state index contributed by atoms with van der Waals surface area (Å²) in [6.07, 6.45) is 4.40. The van der Waals surface area contributed by atoms with Crippen molar-refractivity contribution in [3.63, 3.8) is 0 Å². The number of aromatic nitrogens is 3. The molecule has 0 bridgehead atoms. The van der Waals surface area contributed by atoms with Gasteiger partial charge in [0.1, 0.15) is 6.33 Å². The Balaban J connectivity index is 1.77. The van der Waals surface area contributed by atoms with Gasteiger partial charge in [-0.1, -0.05) is 18.2 Å². The van der Waals surface area contributed by atoms with Crippen LogP contribution in [0.3, 0.4) is 0 Å². The summed E-state index contributed by atoms with van der Waals surface area (Å²) in [4.78, 5) is 20.6. The number of nitrogens with zero attached hydrogens (tertiary/aromatic N) is 3. The molecular weight excluding hydrogens is 238 g/mol. The molecule has 4 nitrogen and oxygen atoms in total. The van der Waals surface area contributed by atoms with Gasteiger partial charge in [0, 0.05) is 18.3 Å². The lowest BCUT2D eigenvalue weighted by atomic mass is 10.2. The van der Waals surface area contributed by atoms with E-state index < -0.39 is 0 Å². The summed E-state index contributed by atoms with van der Waals surface area (Å²) < 4.78 is 1.61. The van der Waals surface area contributed by atoms with Gasteiger partial charge in [0.15, 0.2) is 0 Å². The molecule has 0 saturated carbocycles. The summed E-state index contributed by atoms with van der Waals surface area (Å²) in [5.74, 6) is 0.0411. The van der Waals surface area contributed by atoms with E-state index in [0.717, 1.165) is 16.7 Å². The molecule has 0 atom stereocenters. The Morgan fingerprint density at radius 1 is 1.05 bits per heavy atom. The van der Waals surface area contributed by atoms with Crippen LogP contribution in [0.5, 0.6) is 0 Å². The van der Waals surface area contributed by atoms with E-state index in [2.05, 4.69) is 9.97 Å². The van der Waals surface area contributed by atoms with Gasteiger partial charge in [0.05, 0.1) is 11.0 Å². The van der Waals surface area contributed by atoms with E-state index in [1.807, 2.05) is 42.5 Å². The van der Waals surface area contributed by atoms with Crippen LogP contribution in [-0.2, 0) is 6.42 Å². The van der Waals surface area contributed by atoms with Crippen LogP contribution < -0.4 is 0 Å². The van der Waals surface area contributed by atoms with E-state index in [0.29, 0.717) is 12.8 Å². The zero-order chi connectivity index (χ0) is 13.1. The second kappa shape index (κ2) is 5.02. The maximum absolute atomic E-state index is 12.2. The lowest BCUT2D eigenvalue weighted by molar-refractivity contribution is 0.0907. The van der Waals surface area contributed by atoms with E-state index in [1.165, 1.54) is 0 Å². The van der Waals surface area contributed by atoms with Gasteiger partial charge in [-0.2, -0.15) is 0 Å². The zero-order valence-corrected chi connectivity index (χ0v) is 10.4. The third kappa shape index (κ3) is 2.38. The number of carbonyl (C=O) groups excluding carboxylic acids is 1. The van der Waals surface area contributed by atoms with Crippen LogP contribution in [0, 0.1) is 0 Å². The Morgan fingerprint density at radius 3 is 2.74 bits per heavy atom. The van der Waals surface area contributed by atoms with Crippen molar-refractivity contribution >= 4 is 16.9 Å². The molecular formula is C15H13N3O. The van der Waals surface area contributed by atoms with Gasteiger partial charge in [-0.25, -0.2) is 4.98 Å². The van der Waals surface area contributed by atoms with Gasteiger partial charge in [0.25, 0.3) is 0 Å². The largest absolute Gasteiger partial charge is 0.274 e. The topological polar surface area (TPSA) is 47.8 Å². The average Bonchev–Trinajstić information content (AvgIpc) is 2.90. The average molecular weight is 251 g/mol. The van der Waals surface area contributed by atoms with Crippen LogP contribution in [0.25, 0.3) is 11.0 Å². The first-order valence-electron chi connectivity index (χ1n) is 6.20. The second-order valence-electron chi connectivity index (χ2n) is 4.32. The third-order valence-electron chi connectivity index (χ3n) is 3.04. The SMILES string of the molecule is O=C(CCc1ccccn1)n1cnc2ccccc21. The molecule has 0 radical (unpaired) electrons. The number of pyridine rings is 1. The number of para-hydroxylation sites is 2. The molecule has 0 spiro atoms. The van der Waals surface area contributed by atoms with Crippen molar-refractivity contribution < 1.29 is 4.79 Å². The van der Waals surface area contributed by atoms with Crippen molar-refractivity contribution in [2.24, 2.45) is 0 Å². The Bertz CT molecular complexity index is 703. The third-order valence-corrected chi connectivity index (χ3v) is 3.04. The zero-order valence-electron chi connectivity index (χ0n) is 10.4. The van der Waals surface area contributed by atoms with Crippen molar-refractivity contribution in [3.8, 4) is 0 Å². The molecule has 0 aliphatic rings. The van der Waals surface area contributed by atoms with E-state index >= 15 is 0 Å². The normalized spacial score (nSPS) is 10.7. The number of imidazole rings is 1. The molecule has 3 aromatic rings. The fourth-order valence-corrected chi connectivity index (χ4v) is 2.06. The predicted molar refractivity (Wildman–Crippen MR) is 72.9 cm³/mol. The standard InChI is InChI=1S/C15H13N3O/c19-15(9-8-12-5-3-4-10-16-12)18-11-17-13-6-1-2-7-14(13)18/h1-7,10-11H,8-9H2. The molecule has 1 aromatic carbocycles. The molecule has 19 heavy (non-hydrogen) atoms. The molecule has 4 heteroatoms. The van der Waals surface area contributed by atoms with Gasteiger partial charge in [-0.05, 0) is 30.7 Å². The summed E-state index contributed by atoms with van der Waals surface area (Å²) in [6, 6.07) is 13.4. The van der Waals surface area contributed by atoms with Crippen molar-refractivity contribution in [3.05, 3.63) is 60.7 Å². The molecule has 2 aromatic heterocycles. The quantitative estimate of drug-likeness (QED) is 0.719. The van der Waals surface area contributed by atoms with E-state index in [-0.39, 0.29) is 5.91 Å². The highest BCUT2D eigenvalue weighted by molar-refractivity contribution is 5.90. The van der Waals surface area contributed by atoms with E-state index in [1.54, 1.807) is 17.1 Å². The Kier molecular flexibility index (Phi) is 3.06. The number of benzene rings is 1. The fraction of sp³-hybridized carbons (Fsp3) is 0.133. The van der Waals surface area contributed by atoms with Crippen molar-refractivity contribution in [2.75, 3.05) is 0 Å². The minimum Gasteiger partial charge on any atom is -0.274 e. The van der Waals surface area contributed by atoms with Crippen LogP contribution >= 0.6 is 0 Å². The van der Waals surface area contributed by atoms with Crippen LogP contribution in [0.1, 0.15) is 16.9 Å². The Morgan fingerprint density at radius 2 is 1.89 bits per heavy atom. The smallest absolute Gasteiger partial charge is 0.232 e. The first-order chi connectivity index (χ1) is 9.34. The van der Waals surface area contributed by atoms with Crippen molar-refractivity contribution in [1.29, 1.82) is 0 Å². The summed E-state index contributed by atoms with van der Waals surface area (Å²) in [5.41, 5.74) is 2.63. The van der Waals surface area contributed by atoms with E-state index in [4.69, 9.17) is 0 Å². The minimum atomic E-state index is 0.0411. The summed E-state index contributed by atoms with van der Waals surface area (Å²) in [7, 11) is 0. The second-order valence-corrected chi connectivity index (χ2v) is 4.32. The Labute approximate surface area is 110 Å². The minimum absolute atomic E-state index is 0.0411. The first-order valence-corrected chi connectivity index (χ1v) is 6.20. The molecule has 0 amide bonds. The van der Waals surface area contributed by atoms with Crippen molar-refractivity contribution in [2.45, 2.75) is 12.8 Å². The molecule has 0 saturated heterocycles. The van der Waals surface area contributed by atoms with Gasteiger partial charge in [0.2, 0.25) is 5.91 Å². The van der Waals surface area contributed by atoms with Crippen LogP contribution in [0.2, 0.25) is 0 Å². The highest BCUT2D eigenvalue weighted by atomic mass is 16.2. The van der Waals surface area contributed by atoms with Crippen LogP contribution in [0.4, 0.5) is 0 Å². The molecule has 0 unspecified atom stereocenters. The molecule has 0 aliphatic heterocycles. The maximum Gasteiger partial charge on any atom is 0.232 e. The number of aryl methyl sites for hydroxylation is 1. The lowest BCUT2D eigenvalue weighted by Crippen LogP contribution is -2.10. The van der Waals surface area contributed by atoms with Gasteiger partial charge in [-0.15, -0.1) is 0 Å². The number of fused-ring (bicyclic) bond motifs is 1. The monoisotopic (exact) mass is 251 g/mol. The van der Waals surface area contributed by atoms with E-state index in [9.17, 15) is 4.79 Å². The molecule has 0 aliphatic carbocycles. The highest BCUT2D eigenvalue weighted by Crippen LogP contribution is 2.12. The summed E-state index contributed by atoms with van der Waals surface area (Å²) >= 11 is 0. The van der Waals surface area contributed by atoms with Crippen LogP contribution in [-0.4, -0.2) is 20.4 Å². The molecule has 3 rings (SSSR count). The van der Waals surface area contributed by atoms with Crippen LogP contribution in [0.15, 0.2) is 55.0 Å². The maximum atomic E-state index is 12.2. The number of rotatable bonds is 3. The van der Waals surface area contributed by atoms with Gasteiger partial charge < -0.3 is 0 Å². The number of hydrogen-bond donors (Lipinski definition) is 0. The summed E-state index contributed by atoms with van der Waals surface area (Å²) in [6.45, 7) is 0. The van der Waals surface area contributed by atoms with Crippen molar-refractivity contribution in [1.82, 2.24) is 14.5 Å². The predicted octanol–water partition coefficient (Wildman–Crippen LogP) is 2.70. The number of hydrogen-bond acceptors (Lipinski definition) is 3.